The van der Waals surface area contributed by atoms with Crippen LogP contribution in [0.3, 0.4) is 0 Å². The third-order valence-electron chi connectivity index (χ3n) is 2.66. The Hall–Kier alpha value is -0.250. The summed E-state index contributed by atoms with van der Waals surface area (Å²) in [5, 5.41) is -0.256. The number of halogens is 3. The summed E-state index contributed by atoms with van der Waals surface area (Å²) in [4.78, 5) is 0. The quantitative estimate of drug-likeness (QED) is 0.607. The van der Waals surface area contributed by atoms with Gasteiger partial charge in [-0.1, -0.05) is 22.0 Å². The zero-order chi connectivity index (χ0) is 12.6. The van der Waals surface area contributed by atoms with Crippen LogP contribution in [0.1, 0.15) is 27.8 Å². The number of aryl methyl sites for hydroxylation is 2. The SMILES string of the molecule is Cc1cc(C(Cl)c2ccc(Br)o2)c(C)cc1Br. The van der Waals surface area contributed by atoms with Gasteiger partial charge in [-0.25, -0.2) is 0 Å². The van der Waals surface area contributed by atoms with Crippen LogP contribution in [-0.4, -0.2) is 0 Å². The van der Waals surface area contributed by atoms with Gasteiger partial charge < -0.3 is 4.42 Å². The fraction of sp³-hybridized carbons (Fsp3) is 0.231. The third kappa shape index (κ3) is 2.78. The zero-order valence-electron chi connectivity index (χ0n) is 9.43. The van der Waals surface area contributed by atoms with Gasteiger partial charge in [0, 0.05) is 4.47 Å². The lowest BCUT2D eigenvalue weighted by Crippen LogP contribution is -1.96. The van der Waals surface area contributed by atoms with Crippen LogP contribution in [0.15, 0.2) is 37.8 Å². The maximum Gasteiger partial charge on any atom is 0.169 e. The Bertz CT molecular complexity index is 548. The number of rotatable bonds is 2. The first-order chi connectivity index (χ1) is 7.99. The van der Waals surface area contributed by atoms with E-state index in [4.69, 9.17) is 16.0 Å². The fourth-order valence-corrected chi connectivity index (χ4v) is 2.82. The first-order valence-corrected chi connectivity index (χ1v) is 7.17. The van der Waals surface area contributed by atoms with Crippen molar-refractivity contribution in [2.24, 2.45) is 0 Å². The Labute approximate surface area is 122 Å². The van der Waals surface area contributed by atoms with Gasteiger partial charge in [-0.05, 0) is 64.7 Å². The highest BCUT2D eigenvalue weighted by molar-refractivity contribution is 9.10. The lowest BCUT2D eigenvalue weighted by atomic mass is 10.0. The summed E-state index contributed by atoms with van der Waals surface area (Å²) in [6.45, 7) is 4.10. The van der Waals surface area contributed by atoms with Crippen LogP contribution in [-0.2, 0) is 0 Å². The molecule has 0 aliphatic carbocycles. The molecule has 0 radical (unpaired) electrons. The first-order valence-electron chi connectivity index (χ1n) is 5.15. The van der Waals surface area contributed by atoms with Gasteiger partial charge in [0.25, 0.3) is 0 Å². The van der Waals surface area contributed by atoms with Crippen molar-refractivity contribution in [3.05, 3.63) is 55.9 Å². The molecule has 1 nitrogen and oxygen atoms in total. The Morgan fingerprint density at radius 1 is 1.12 bits per heavy atom. The van der Waals surface area contributed by atoms with E-state index < -0.39 is 0 Å². The van der Waals surface area contributed by atoms with E-state index in [-0.39, 0.29) is 5.38 Å². The summed E-state index contributed by atoms with van der Waals surface area (Å²) < 4.78 is 7.30. The summed E-state index contributed by atoms with van der Waals surface area (Å²) in [6.07, 6.45) is 0. The number of benzene rings is 1. The number of furan rings is 1. The maximum absolute atomic E-state index is 6.44. The molecular weight excluding hydrogens is 367 g/mol. The van der Waals surface area contributed by atoms with Crippen LogP contribution in [0.25, 0.3) is 0 Å². The van der Waals surface area contributed by atoms with Crippen molar-refractivity contribution in [2.45, 2.75) is 19.2 Å². The second-order valence-corrected chi connectivity index (χ2v) is 6.03. The standard InChI is InChI=1S/C13H11Br2ClO/c1-7-6-10(14)8(2)5-9(7)13(16)11-3-4-12(15)17-11/h3-6,13H,1-2H3. The predicted octanol–water partition coefficient (Wildman–Crippen LogP) is 5.75. The molecule has 4 heteroatoms. The van der Waals surface area contributed by atoms with Gasteiger partial charge in [-0.15, -0.1) is 11.6 Å². The van der Waals surface area contributed by atoms with E-state index in [1.54, 1.807) is 0 Å². The van der Waals surface area contributed by atoms with Gasteiger partial charge in [0.15, 0.2) is 4.67 Å². The molecule has 0 bridgehead atoms. The van der Waals surface area contributed by atoms with Gasteiger partial charge in [-0.2, -0.15) is 0 Å². The fourth-order valence-electron chi connectivity index (χ4n) is 1.69. The van der Waals surface area contributed by atoms with Gasteiger partial charge in [0.2, 0.25) is 0 Å². The molecule has 0 saturated carbocycles. The van der Waals surface area contributed by atoms with Crippen molar-refractivity contribution in [2.75, 3.05) is 0 Å². The first kappa shape index (κ1) is 13.2. The molecule has 0 amide bonds. The predicted molar refractivity (Wildman–Crippen MR) is 77.7 cm³/mol. The van der Waals surface area contributed by atoms with E-state index in [1.807, 2.05) is 19.1 Å². The smallest absolute Gasteiger partial charge is 0.169 e. The van der Waals surface area contributed by atoms with E-state index >= 15 is 0 Å². The van der Waals surface area contributed by atoms with Crippen LogP contribution in [0.4, 0.5) is 0 Å². The minimum Gasteiger partial charge on any atom is -0.452 e. The van der Waals surface area contributed by atoms with E-state index in [9.17, 15) is 0 Å². The highest BCUT2D eigenvalue weighted by atomic mass is 79.9. The number of hydrogen-bond donors (Lipinski definition) is 0. The molecule has 0 N–H and O–H groups in total. The van der Waals surface area contributed by atoms with E-state index in [0.29, 0.717) is 4.67 Å². The molecule has 1 unspecified atom stereocenters. The molecule has 1 aromatic carbocycles. The van der Waals surface area contributed by atoms with E-state index in [1.165, 1.54) is 5.56 Å². The highest BCUT2D eigenvalue weighted by Gasteiger charge is 2.17. The summed E-state index contributed by atoms with van der Waals surface area (Å²) in [7, 11) is 0. The molecule has 0 fully saturated rings. The second kappa shape index (κ2) is 5.17. The zero-order valence-corrected chi connectivity index (χ0v) is 13.4. The average molecular weight is 378 g/mol. The molecule has 2 aromatic rings. The molecule has 17 heavy (non-hydrogen) atoms. The molecule has 0 aliphatic heterocycles. The largest absolute Gasteiger partial charge is 0.452 e. The average Bonchev–Trinajstić information content (AvgIpc) is 2.69. The highest BCUT2D eigenvalue weighted by Crippen LogP contribution is 2.35. The van der Waals surface area contributed by atoms with Crippen LogP contribution < -0.4 is 0 Å². The molecule has 0 saturated heterocycles. The van der Waals surface area contributed by atoms with Crippen molar-refractivity contribution in [1.29, 1.82) is 0 Å². The van der Waals surface area contributed by atoms with Gasteiger partial charge in [0.05, 0.1) is 0 Å². The van der Waals surface area contributed by atoms with Crippen molar-refractivity contribution in [3.8, 4) is 0 Å². The molecule has 1 heterocycles. The molecule has 90 valence electrons. The minimum absolute atomic E-state index is 0.256. The van der Waals surface area contributed by atoms with Gasteiger partial charge >= 0.3 is 0 Å². The van der Waals surface area contributed by atoms with Crippen LogP contribution in [0.5, 0.6) is 0 Å². The molecule has 1 atom stereocenters. The van der Waals surface area contributed by atoms with E-state index in [0.717, 1.165) is 21.4 Å². The Balaban J connectivity index is 2.43. The monoisotopic (exact) mass is 376 g/mol. The Morgan fingerprint density at radius 2 is 1.82 bits per heavy atom. The van der Waals surface area contributed by atoms with Crippen molar-refractivity contribution in [3.63, 3.8) is 0 Å². The molecule has 2 rings (SSSR count). The summed E-state index contributed by atoms with van der Waals surface area (Å²) in [6, 6.07) is 7.91. The normalized spacial score (nSPS) is 12.8. The summed E-state index contributed by atoms with van der Waals surface area (Å²) in [5.74, 6) is 0.753. The van der Waals surface area contributed by atoms with Gasteiger partial charge in [-0.3, -0.25) is 0 Å². The van der Waals surface area contributed by atoms with Crippen LogP contribution >= 0.6 is 43.5 Å². The maximum atomic E-state index is 6.44. The van der Waals surface area contributed by atoms with Crippen molar-refractivity contribution < 1.29 is 4.42 Å². The second-order valence-electron chi connectivity index (χ2n) is 3.96. The van der Waals surface area contributed by atoms with Crippen molar-refractivity contribution >= 4 is 43.5 Å². The van der Waals surface area contributed by atoms with Crippen LogP contribution in [0.2, 0.25) is 0 Å². The lowest BCUT2D eigenvalue weighted by molar-refractivity contribution is 0.493. The summed E-state index contributed by atoms with van der Waals surface area (Å²) in [5.41, 5.74) is 3.39. The van der Waals surface area contributed by atoms with E-state index in [2.05, 4.69) is 50.9 Å². The third-order valence-corrected chi connectivity index (χ3v) is 4.39. The molecule has 0 spiro atoms. The number of alkyl halides is 1. The minimum atomic E-state index is -0.256. The Kier molecular flexibility index (Phi) is 4.01. The van der Waals surface area contributed by atoms with Crippen molar-refractivity contribution in [1.82, 2.24) is 0 Å². The Morgan fingerprint density at radius 3 is 2.41 bits per heavy atom. The van der Waals surface area contributed by atoms with Crippen LogP contribution in [0, 0.1) is 13.8 Å². The topological polar surface area (TPSA) is 13.1 Å². The molecule has 1 aromatic heterocycles. The lowest BCUT2D eigenvalue weighted by Gasteiger charge is -2.12. The number of hydrogen-bond acceptors (Lipinski definition) is 1. The molecule has 0 aliphatic rings. The van der Waals surface area contributed by atoms with Gasteiger partial charge in [0.1, 0.15) is 11.1 Å². The molecular formula is C13H11Br2ClO. The summed E-state index contributed by atoms with van der Waals surface area (Å²) >= 11 is 13.2.